The van der Waals surface area contributed by atoms with E-state index in [-0.39, 0.29) is 5.41 Å². The van der Waals surface area contributed by atoms with E-state index in [1.165, 1.54) is 12.8 Å². The Morgan fingerprint density at radius 1 is 1.41 bits per heavy atom. The van der Waals surface area contributed by atoms with Gasteiger partial charge in [-0.1, -0.05) is 0 Å². The average Bonchev–Trinajstić information content (AvgIpc) is 3.11. The lowest BCUT2D eigenvalue weighted by Gasteiger charge is -2.32. The summed E-state index contributed by atoms with van der Waals surface area (Å²) < 4.78 is 5.17. The highest BCUT2D eigenvalue weighted by Crippen LogP contribution is 2.49. The number of piperidine rings is 1. The predicted molar refractivity (Wildman–Crippen MR) is 71.3 cm³/mol. The summed E-state index contributed by atoms with van der Waals surface area (Å²) >= 11 is 4.36. The third-order valence-corrected chi connectivity index (χ3v) is 4.86. The molecule has 2 aliphatic rings. The number of carbonyl (C=O) groups is 1. The molecule has 4 heteroatoms. The van der Waals surface area contributed by atoms with Crippen LogP contribution in [0.5, 0.6) is 0 Å². The Kier molecular flexibility index (Phi) is 4.36. The van der Waals surface area contributed by atoms with Crippen molar-refractivity contribution in [3.63, 3.8) is 0 Å². The van der Waals surface area contributed by atoms with Crippen molar-refractivity contribution in [1.82, 2.24) is 4.90 Å². The molecule has 1 saturated heterocycles. The van der Waals surface area contributed by atoms with Gasteiger partial charge in [-0.3, -0.25) is 4.79 Å². The Morgan fingerprint density at radius 2 is 2.06 bits per heavy atom. The van der Waals surface area contributed by atoms with Gasteiger partial charge < -0.3 is 9.64 Å². The van der Waals surface area contributed by atoms with Crippen LogP contribution in [0.3, 0.4) is 0 Å². The quantitative estimate of drug-likeness (QED) is 0.763. The van der Waals surface area contributed by atoms with Gasteiger partial charge in [-0.25, -0.2) is 0 Å². The first-order valence-electron chi connectivity index (χ1n) is 6.57. The summed E-state index contributed by atoms with van der Waals surface area (Å²) in [6.45, 7) is 2.66. The zero-order valence-corrected chi connectivity index (χ0v) is 11.5. The predicted octanol–water partition coefficient (Wildman–Crippen LogP) is 1.97. The molecule has 0 radical (unpaired) electrons. The molecule has 0 spiro atoms. The summed E-state index contributed by atoms with van der Waals surface area (Å²) in [6, 6.07) is 0. The van der Waals surface area contributed by atoms with Crippen LogP contribution in [-0.4, -0.2) is 43.4 Å². The van der Waals surface area contributed by atoms with Crippen molar-refractivity contribution in [3.8, 4) is 0 Å². The Labute approximate surface area is 109 Å². The first kappa shape index (κ1) is 13.2. The summed E-state index contributed by atoms with van der Waals surface area (Å²) in [5, 5.41) is 0. The van der Waals surface area contributed by atoms with E-state index in [2.05, 4.69) is 12.6 Å². The van der Waals surface area contributed by atoms with Crippen LogP contribution in [-0.2, 0) is 9.53 Å². The van der Waals surface area contributed by atoms with Crippen molar-refractivity contribution in [1.29, 1.82) is 0 Å². The van der Waals surface area contributed by atoms with E-state index >= 15 is 0 Å². The van der Waals surface area contributed by atoms with Crippen LogP contribution in [0.2, 0.25) is 0 Å². The van der Waals surface area contributed by atoms with Gasteiger partial charge >= 0.3 is 0 Å². The van der Waals surface area contributed by atoms with Crippen LogP contribution in [0.1, 0.15) is 32.1 Å². The van der Waals surface area contributed by atoms with E-state index in [0.29, 0.717) is 18.2 Å². The van der Waals surface area contributed by atoms with E-state index in [4.69, 9.17) is 4.74 Å². The number of hydrogen-bond acceptors (Lipinski definition) is 3. The third-order valence-electron chi connectivity index (χ3n) is 4.19. The lowest BCUT2D eigenvalue weighted by atomic mass is 9.96. The zero-order chi connectivity index (χ0) is 12.3. The van der Waals surface area contributed by atoms with Crippen molar-refractivity contribution in [2.45, 2.75) is 32.1 Å². The summed E-state index contributed by atoms with van der Waals surface area (Å²) in [6.07, 6.45) is 5.26. The zero-order valence-electron chi connectivity index (χ0n) is 10.7. The third kappa shape index (κ3) is 3.38. The molecule has 0 atom stereocenters. The maximum atomic E-state index is 12.1. The topological polar surface area (TPSA) is 29.5 Å². The number of nitrogens with zero attached hydrogens (tertiary/aromatic N) is 1. The molecule has 0 N–H and O–H groups in total. The molecule has 98 valence electrons. The molecule has 0 unspecified atom stereocenters. The summed E-state index contributed by atoms with van der Waals surface area (Å²) in [5.41, 5.74) is 0.254. The largest absolute Gasteiger partial charge is 0.384 e. The number of amides is 1. The van der Waals surface area contributed by atoms with Crippen molar-refractivity contribution in [2.75, 3.05) is 32.6 Å². The fourth-order valence-electron chi connectivity index (χ4n) is 2.58. The second-order valence-electron chi connectivity index (χ2n) is 5.61. The summed E-state index contributed by atoms with van der Waals surface area (Å²) in [5.74, 6) is 1.84. The fraction of sp³-hybridized carbons (Fsp3) is 0.923. The Bertz CT molecular complexity index is 271. The van der Waals surface area contributed by atoms with Gasteiger partial charge in [-0.05, 0) is 42.8 Å². The van der Waals surface area contributed by atoms with E-state index < -0.39 is 0 Å². The lowest BCUT2D eigenvalue weighted by molar-refractivity contribution is -0.134. The SMILES string of the molecule is COCC1CCN(C(=O)CC2(CS)CC2)CC1. The molecule has 1 heterocycles. The molecule has 1 aliphatic heterocycles. The Balaban J connectivity index is 1.74. The highest BCUT2D eigenvalue weighted by molar-refractivity contribution is 7.80. The molecule has 2 fully saturated rings. The minimum atomic E-state index is 0.254. The van der Waals surface area contributed by atoms with Crippen LogP contribution < -0.4 is 0 Å². The van der Waals surface area contributed by atoms with E-state index in [1.54, 1.807) is 7.11 Å². The molecule has 0 aromatic carbocycles. The Morgan fingerprint density at radius 3 is 2.53 bits per heavy atom. The number of carbonyl (C=O) groups excluding carboxylic acids is 1. The molecule has 0 aromatic rings. The van der Waals surface area contributed by atoms with E-state index in [9.17, 15) is 4.79 Å². The van der Waals surface area contributed by atoms with Crippen LogP contribution in [0.4, 0.5) is 0 Å². The molecule has 17 heavy (non-hydrogen) atoms. The van der Waals surface area contributed by atoms with Crippen LogP contribution in [0.25, 0.3) is 0 Å². The van der Waals surface area contributed by atoms with Crippen molar-refractivity contribution < 1.29 is 9.53 Å². The maximum Gasteiger partial charge on any atom is 0.223 e. The number of ether oxygens (including phenoxy) is 1. The van der Waals surface area contributed by atoms with Gasteiger partial charge in [0.15, 0.2) is 0 Å². The Hall–Kier alpha value is -0.220. The highest BCUT2D eigenvalue weighted by atomic mass is 32.1. The molecule has 0 bridgehead atoms. The highest BCUT2D eigenvalue weighted by Gasteiger charge is 2.43. The van der Waals surface area contributed by atoms with Crippen molar-refractivity contribution >= 4 is 18.5 Å². The number of thiol groups is 1. The molecule has 1 saturated carbocycles. The van der Waals surface area contributed by atoms with Crippen LogP contribution in [0.15, 0.2) is 0 Å². The van der Waals surface area contributed by atoms with Gasteiger partial charge in [0.1, 0.15) is 0 Å². The minimum absolute atomic E-state index is 0.254. The summed E-state index contributed by atoms with van der Waals surface area (Å²) in [4.78, 5) is 14.2. The van der Waals surface area contributed by atoms with Crippen molar-refractivity contribution in [3.05, 3.63) is 0 Å². The number of likely N-dealkylation sites (tertiary alicyclic amines) is 1. The summed E-state index contributed by atoms with van der Waals surface area (Å²) in [7, 11) is 1.75. The standard InChI is InChI=1S/C13H23NO2S/c1-16-9-11-2-6-14(7-3-11)12(15)8-13(10-17)4-5-13/h11,17H,2-10H2,1H3. The van der Waals surface area contributed by atoms with Gasteiger partial charge in [0.05, 0.1) is 0 Å². The van der Waals surface area contributed by atoms with Crippen LogP contribution in [0, 0.1) is 11.3 Å². The molecule has 1 aliphatic carbocycles. The van der Waals surface area contributed by atoms with Gasteiger partial charge in [0.2, 0.25) is 5.91 Å². The number of methoxy groups -OCH3 is 1. The lowest BCUT2D eigenvalue weighted by Crippen LogP contribution is -2.40. The van der Waals surface area contributed by atoms with Gasteiger partial charge in [0, 0.05) is 33.2 Å². The molecular weight excluding hydrogens is 234 g/mol. The fourth-order valence-corrected chi connectivity index (χ4v) is 3.01. The second-order valence-corrected chi connectivity index (χ2v) is 5.93. The molecule has 0 aromatic heterocycles. The normalized spacial score (nSPS) is 23.8. The monoisotopic (exact) mass is 257 g/mol. The number of rotatable bonds is 5. The molecular formula is C13H23NO2S. The first-order chi connectivity index (χ1) is 8.19. The molecule has 3 nitrogen and oxygen atoms in total. The molecule has 1 amide bonds. The first-order valence-corrected chi connectivity index (χ1v) is 7.20. The second kappa shape index (κ2) is 5.61. The number of hydrogen-bond donors (Lipinski definition) is 1. The maximum absolute atomic E-state index is 12.1. The average molecular weight is 257 g/mol. The smallest absolute Gasteiger partial charge is 0.223 e. The molecule has 2 rings (SSSR count). The van der Waals surface area contributed by atoms with Gasteiger partial charge in [0.25, 0.3) is 0 Å². The van der Waals surface area contributed by atoms with E-state index in [1.807, 2.05) is 4.90 Å². The van der Waals surface area contributed by atoms with E-state index in [0.717, 1.165) is 38.3 Å². The van der Waals surface area contributed by atoms with Gasteiger partial charge in [-0.15, -0.1) is 0 Å². The van der Waals surface area contributed by atoms with Crippen LogP contribution >= 0.6 is 12.6 Å². The van der Waals surface area contributed by atoms with Gasteiger partial charge in [-0.2, -0.15) is 12.6 Å². The van der Waals surface area contributed by atoms with Crippen molar-refractivity contribution in [2.24, 2.45) is 11.3 Å². The minimum Gasteiger partial charge on any atom is -0.384 e.